The van der Waals surface area contributed by atoms with Gasteiger partial charge in [-0.2, -0.15) is 13.2 Å². The molecule has 0 aliphatic carbocycles. The third-order valence-corrected chi connectivity index (χ3v) is 2.90. The van der Waals surface area contributed by atoms with Crippen LogP contribution >= 0.6 is 15.9 Å². The van der Waals surface area contributed by atoms with Gasteiger partial charge in [0.1, 0.15) is 11.4 Å². The summed E-state index contributed by atoms with van der Waals surface area (Å²) >= 11 is 2.42. The first-order chi connectivity index (χ1) is 8.23. The van der Waals surface area contributed by atoms with E-state index >= 15 is 0 Å². The van der Waals surface area contributed by atoms with E-state index in [1.807, 2.05) is 0 Å². The Bertz CT molecular complexity index is 450. The summed E-state index contributed by atoms with van der Waals surface area (Å²) in [4.78, 5) is 8.14. The summed E-state index contributed by atoms with van der Waals surface area (Å²) in [5.41, 5.74) is 0.0583. The number of halogens is 4. The Morgan fingerprint density at radius 3 is 2.61 bits per heavy atom. The Morgan fingerprint density at radius 2 is 2.11 bits per heavy atom. The first-order valence-electron chi connectivity index (χ1n) is 4.81. The van der Waals surface area contributed by atoms with Crippen LogP contribution in [0, 0.1) is 17.0 Å². The molecule has 0 saturated carbocycles. The van der Waals surface area contributed by atoms with Crippen molar-refractivity contribution in [3.8, 4) is 5.75 Å². The van der Waals surface area contributed by atoms with Crippen LogP contribution in [0.25, 0.3) is 0 Å². The maximum Gasteiger partial charge on any atom is 0.404 e. The lowest BCUT2D eigenvalue weighted by atomic mass is 10.2. The van der Waals surface area contributed by atoms with E-state index in [4.69, 9.17) is 4.74 Å². The maximum absolute atomic E-state index is 12.3. The summed E-state index contributed by atoms with van der Waals surface area (Å²) < 4.78 is 41.7. The van der Waals surface area contributed by atoms with Crippen LogP contribution in [-0.2, 0) is 0 Å². The molecule has 0 heterocycles. The van der Waals surface area contributed by atoms with Crippen LogP contribution in [-0.4, -0.2) is 22.5 Å². The number of benzene rings is 1. The van der Waals surface area contributed by atoms with Gasteiger partial charge in [0.15, 0.2) is 5.75 Å². The van der Waals surface area contributed by atoms with Gasteiger partial charge in [-0.3, -0.25) is 10.1 Å². The zero-order valence-corrected chi connectivity index (χ0v) is 10.8. The number of nitrogens with zero attached hydrogens (tertiary/aromatic N) is 1. The highest BCUT2D eigenvalue weighted by molar-refractivity contribution is 9.09. The fraction of sp³-hybridized carbons (Fsp3) is 0.400. The van der Waals surface area contributed by atoms with Gasteiger partial charge in [-0.25, -0.2) is 0 Å². The highest BCUT2D eigenvalue weighted by Crippen LogP contribution is 2.32. The summed E-state index contributed by atoms with van der Waals surface area (Å²) in [5.74, 6) is -0.142. The largest absolute Gasteiger partial charge is 0.485 e. The molecule has 4 nitrogen and oxygen atoms in total. The number of ether oxygens (including phenoxy) is 1. The fourth-order valence-corrected chi connectivity index (χ4v) is 1.35. The van der Waals surface area contributed by atoms with Gasteiger partial charge in [-0.15, -0.1) is 0 Å². The van der Waals surface area contributed by atoms with Gasteiger partial charge in [0.25, 0.3) is 0 Å². The summed E-state index contributed by atoms with van der Waals surface area (Å²) in [7, 11) is 0. The fourth-order valence-electron chi connectivity index (χ4n) is 1.22. The Hall–Kier alpha value is -1.31. The van der Waals surface area contributed by atoms with Crippen LogP contribution in [0.1, 0.15) is 5.56 Å². The molecule has 1 aromatic rings. The first-order valence-corrected chi connectivity index (χ1v) is 5.72. The smallest absolute Gasteiger partial charge is 0.404 e. The van der Waals surface area contributed by atoms with Crippen molar-refractivity contribution in [2.24, 2.45) is 0 Å². The molecule has 18 heavy (non-hydrogen) atoms. The molecule has 100 valence electrons. The molecular formula is C10H9BrF3NO3. The Labute approximate surface area is 109 Å². The van der Waals surface area contributed by atoms with Gasteiger partial charge >= 0.3 is 11.9 Å². The zero-order valence-electron chi connectivity index (χ0n) is 9.20. The van der Waals surface area contributed by atoms with E-state index < -0.39 is 22.5 Å². The molecule has 1 atom stereocenters. The summed E-state index contributed by atoms with van der Waals surface area (Å²) in [6, 6.07) is 4.15. The molecule has 8 heteroatoms. The third kappa shape index (κ3) is 3.59. The first kappa shape index (κ1) is 14.7. The SMILES string of the molecule is Cc1cccc([N+](=O)[O-])c1OCC(Br)C(F)(F)F. The minimum Gasteiger partial charge on any atom is -0.485 e. The van der Waals surface area contributed by atoms with E-state index in [1.54, 1.807) is 0 Å². The van der Waals surface area contributed by atoms with Crippen molar-refractivity contribution in [3.05, 3.63) is 33.9 Å². The van der Waals surface area contributed by atoms with Crippen LogP contribution in [0.3, 0.4) is 0 Å². The molecule has 1 aromatic carbocycles. The molecular weight excluding hydrogens is 319 g/mol. The number of nitro groups is 1. The molecule has 0 radical (unpaired) electrons. The van der Waals surface area contributed by atoms with Gasteiger partial charge < -0.3 is 4.74 Å². The molecule has 0 N–H and O–H groups in total. The van der Waals surface area contributed by atoms with Crippen LogP contribution < -0.4 is 4.74 Å². The van der Waals surface area contributed by atoms with E-state index in [1.165, 1.54) is 25.1 Å². The minimum atomic E-state index is -4.46. The molecule has 0 saturated heterocycles. The van der Waals surface area contributed by atoms with Crippen molar-refractivity contribution >= 4 is 21.6 Å². The van der Waals surface area contributed by atoms with Crippen LogP contribution in [0.4, 0.5) is 18.9 Å². The average molecular weight is 328 g/mol. The molecule has 0 aromatic heterocycles. The molecule has 0 aliphatic heterocycles. The number of aryl methyl sites for hydroxylation is 1. The van der Waals surface area contributed by atoms with Gasteiger partial charge in [-0.1, -0.05) is 28.1 Å². The number of nitro benzene ring substituents is 1. The Kier molecular flexibility index (Phi) is 4.55. The van der Waals surface area contributed by atoms with Crippen molar-refractivity contribution < 1.29 is 22.8 Å². The predicted molar refractivity (Wildman–Crippen MR) is 62.1 cm³/mol. The van der Waals surface area contributed by atoms with Crippen molar-refractivity contribution in [1.82, 2.24) is 0 Å². The van der Waals surface area contributed by atoms with Gasteiger partial charge in [-0.05, 0) is 12.5 Å². The standard InChI is InChI=1S/C10H9BrF3NO3/c1-6-3-2-4-7(15(16)17)9(6)18-5-8(11)10(12,13)14/h2-4,8H,5H2,1H3. The summed E-state index contributed by atoms with van der Waals surface area (Å²) in [5, 5.41) is 10.7. The van der Waals surface area contributed by atoms with Gasteiger partial charge in [0.05, 0.1) is 4.92 Å². The second-order valence-electron chi connectivity index (χ2n) is 3.50. The van der Waals surface area contributed by atoms with E-state index in [9.17, 15) is 23.3 Å². The molecule has 0 spiro atoms. The Balaban J connectivity index is 2.88. The molecule has 0 bridgehead atoms. The van der Waals surface area contributed by atoms with Crippen LogP contribution in [0.15, 0.2) is 18.2 Å². The molecule has 0 amide bonds. The van der Waals surface area contributed by atoms with Crippen LogP contribution in [0.5, 0.6) is 5.75 Å². The molecule has 1 unspecified atom stereocenters. The van der Waals surface area contributed by atoms with E-state index in [0.29, 0.717) is 5.56 Å². The lowest BCUT2D eigenvalue weighted by molar-refractivity contribution is -0.386. The van der Waals surface area contributed by atoms with Crippen LogP contribution in [0.2, 0.25) is 0 Å². The highest BCUT2D eigenvalue weighted by Gasteiger charge is 2.38. The third-order valence-electron chi connectivity index (χ3n) is 2.12. The van der Waals surface area contributed by atoms with Crippen molar-refractivity contribution in [3.63, 3.8) is 0 Å². The number of para-hydroxylation sites is 1. The quantitative estimate of drug-likeness (QED) is 0.482. The van der Waals surface area contributed by atoms with E-state index in [0.717, 1.165) is 0 Å². The maximum atomic E-state index is 12.3. The predicted octanol–water partition coefficient (Wildman–Crippen LogP) is 3.61. The monoisotopic (exact) mass is 327 g/mol. The number of alkyl halides is 4. The number of rotatable bonds is 4. The van der Waals surface area contributed by atoms with Gasteiger partial charge in [0.2, 0.25) is 0 Å². The second-order valence-corrected chi connectivity index (χ2v) is 4.61. The van der Waals surface area contributed by atoms with Crippen molar-refractivity contribution in [1.29, 1.82) is 0 Å². The Morgan fingerprint density at radius 1 is 1.50 bits per heavy atom. The molecule has 0 aliphatic rings. The lowest BCUT2D eigenvalue weighted by Crippen LogP contribution is -2.29. The van der Waals surface area contributed by atoms with E-state index in [2.05, 4.69) is 15.9 Å². The summed E-state index contributed by atoms with van der Waals surface area (Å²) in [6.45, 7) is 0.800. The van der Waals surface area contributed by atoms with E-state index in [-0.39, 0.29) is 11.4 Å². The minimum absolute atomic E-state index is 0.142. The zero-order chi connectivity index (χ0) is 13.9. The molecule has 0 fully saturated rings. The number of hydrogen-bond donors (Lipinski definition) is 0. The number of hydrogen-bond acceptors (Lipinski definition) is 3. The van der Waals surface area contributed by atoms with Crippen molar-refractivity contribution in [2.75, 3.05) is 6.61 Å². The molecule has 1 rings (SSSR count). The van der Waals surface area contributed by atoms with Crippen molar-refractivity contribution in [2.45, 2.75) is 17.9 Å². The van der Waals surface area contributed by atoms with Gasteiger partial charge in [0, 0.05) is 6.07 Å². The summed E-state index contributed by atoms with van der Waals surface area (Å²) in [6.07, 6.45) is -4.46. The normalized spacial score (nSPS) is 13.2. The highest BCUT2D eigenvalue weighted by atomic mass is 79.9. The lowest BCUT2D eigenvalue weighted by Gasteiger charge is -2.15. The second kappa shape index (κ2) is 5.55. The topological polar surface area (TPSA) is 52.4 Å². The average Bonchev–Trinajstić information content (AvgIpc) is 2.25.